The van der Waals surface area contributed by atoms with Gasteiger partial charge in [0.2, 0.25) is 0 Å². The fraction of sp³-hybridized carbons (Fsp3) is 0.0769. The smallest absolute Gasteiger partial charge is 0.119 e. The molecular formula is C13H13NO. The monoisotopic (exact) mass is 199 g/mol. The van der Waals surface area contributed by atoms with Gasteiger partial charge in [0.25, 0.3) is 0 Å². The first-order valence-electron chi connectivity index (χ1n) is 4.84. The molecule has 0 aliphatic carbocycles. The van der Waals surface area contributed by atoms with Crippen molar-refractivity contribution in [1.82, 2.24) is 4.98 Å². The van der Waals surface area contributed by atoms with Crippen LogP contribution in [0.3, 0.4) is 0 Å². The zero-order valence-corrected chi connectivity index (χ0v) is 8.60. The van der Waals surface area contributed by atoms with Crippen LogP contribution < -0.4 is 4.74 Å². The van der Waals surface area contributed by atoms with Crippen molar-refractivity contribution in [3.05, 3.63) is 53.9 Å². The van der Waals surface area contributed by atoms with Gasteiger partial charge < -0.3 is 9.72 Å². The third kappa shape index (κ3) is 2.50. The van der Waals surface area contributed by atoms with Gasteiger partial charge in [0.15, 0.2) is 0 Å². The Hall–Kier alpha value is -1.96. The van der Waals surface area contributed by atoms with E-state index in [-0.39, 0.29) is 0 Å². The highest BCUT2D eigenvalue weighted by Gasteiger charge is 1.91. The lowest BCUT2D eigenvalue weighted by Gasteiger charge is -1.99. The highest BCUT2D eigenvalue weighted by Crippen LogP contribution is 2.14. The Kier molecular flexibility index (Phi) is 2.88. The van der Waals surface area contributed by atoms with Crippen LogP contribution in [0.25, 0.3) is 12.2 Å². The van der Waals surface area contributed by atoms with Crippen LogP contribution in [0.2, 0.25) is 0 Å². The van der Waals surface area contributed by atoms with E-state index in [4.69, 9.17) is 4.74 Å². The molecular weight excluding hydrogens is 186 g/mol. The Morgan fingerprint density at radius 3 is 2.80 bits per heavy atom. The molecule has 0 unspecified atom stereocenters. The van der Waals surface area contributed by atoms with Gasteiger partial charge in [-0.25, -0.2) is 0 Å². The molecule has 1 heterocycles. The molecule has 1 aromatic carbocycles. The second-order valence-electron chi connectivity index (χ2n) is 3.24. The molecule has 1 N–H and O–H groups in total. The lowest BCUT2D eigenvalue weighted by molar-refractivity contribution is 0.414. The number of methoxy groups -OCH3 is 1. The van der Waals surface area contributed by atoms with Gasteiger partial charge in [-0.1, -0.05) is 18.2 Å². The van der Waals surface area contributed by atoms with Crippen LogP contribution >= 0.6 is 0 Å². The first kappa shape index (κ1) is 9.59. The highest BCUT2D eigenvalue weighted by molar-refractivity contribution is 5.68. The number of aromatic nitrogens is 1. The fourth-order valence-electron chi connectivity index (χ4n) is 1.38. The number of hydrogen-bond donors (Lipinski definition) is 1. The van der Waals surface area contributed by atoms with Gasteiger partial charge in [0.1, 0.15) is 5.75 Å². The number of hydrogen-bond acceptors (Lipinski definition) is 1. The van der Waals surface area contributed by atoms with E-state index in [0.717, 1.165) is 17.0 Å². The number of nitrogens with one attached hydrogen (secondary N) is 1. The predicted octanol–water partition coefficient (Wildman–Crippen LogP) is 3.19. The van der Waals surface area contributed by atoms with Crippen LogP contribution in [0.1, 0.15) is 11.3 Å². The molecule has 0 spiro atoms. The summed E-state index contributed by atoms with van der Waals surface area (Å²) in [6.07, 6.45) is 5.99. The number of ether oxygens (including phenoxy) is 1. The second-order valence-corrected chi connectivity index (χ2v) is 3.24. The van der Waals surface area contributed by atoms with E-state index in [2.05, 4.69) is 4.98 Å². The number of rotatable bonds is 3. The lowest BCUT2D eigenvalue weighted by Crippen LogP contribution is -1.82. The predicted molar refractivity (Wildman–Crippen MR) is 62.7 cm³/mol. The van der Waals surface area contributed by atoms with Crippen molar-refractivity contribution in [2.45, 2.75) is 0 Å². The summed E-state index contributed by atoms with van der Waals surface area (Å²) in [6.45, 7) is 0. The van der Waals surface area contributed by atoms with E-state index in [1.807, 2.05) is 54.7 Å². The van der Waals surface area contributed by atoms with Gasteiger partial charge in [-0.2, -0.15) is 0 Å². The third-order valence-electron chi connectivity index (χ3n) is 2.17. The van der Waals surface area contributed by atoms with Crippen LogP contribution in [0, 0.1) is 0 Å². The van der Waals surface area contributed by atoms with Gasteiger partial charge in [0, 0.05) is 11.9 Å². The highest BCUT2D eigenvalue weighted by atomic mass is 16.5. The normalized spacial score (nSPS) is 10.7. The Bertz CT molecular complexity index is 443. The molecule has 1 aromatic heterocycles. The summed E-state index contributed by atoms with van der Waals surface area (Å²) in [5.74, 6) is 0.878. The summed E-state index contributed by atoms with van der Waals surface area (Å²) in [4.78, 5) is 3.12. The molecule has 0 radical (unpaired) electrons. The molecule has 15 heavy (non-hydrogen) atoms. The zero-order chi connectivity index (χ0) is 10.5. The van der Waals surface area contributed by atoms with Gasteiger partial charge in [-0.3, -0.25) is 0 Å². The molecule has 0 aliphatic rings. The molecule has 2 heteroatoms. The van der Waals surface area contributed by atoms with Crippen molar-refractivity contribution in [2.75, 3.05) is 7.11 Å². The first-order valence-corrected chi connectivity index (χ1v) is 4.84. The maximum absolute atomic E-state index is 5.15. The molecule has 76 valence electrons. The first-order chi connectivity index (χ1) is 7.38. The van der Waals surface area contributed by atoms with Gasteiger partial charge >= 0.3 is 0 Å². The molecule has 0 amide bonds. The summed E-state index contributed by atoms with van der Waals surface area (Å²) in [7, 11) is 1.67. The lowest BCUT2D eigenvalue weighted by atomic mass is 10.2. The summed E-state index contributed by atoms with van der Waals surface area (Å²) in [6, 6.07) is 12.0. The summed E-state index contributed by atoms with van der Waals surface area (Å²) < 4.78 is 5.15. The van der Waals surface area contributed by atoms with Crippen molar-refractivity contribution < 1.29 is 4.74 Å². The molecule has 0 bridgehead atoms. The molecule has 2 rings (SSSR count). The summed E-state index contributed by atoms with van der Waals surface area (Å²) >= 11 is 0. The maximum Gasteiger partial charge on any atom is 0.119 e. The molecule has 0 aliphatic heterocycles. The maximum atomic E-state index is 5.15. The minimum absolute atomic E-state index is 0.878. The summed E-state index contributed by atoms with van der Waals surface area (Å²) in [5.41, 5.74) is 2.22. The van der Waals surface area contributed by atoms with Crippen LogP contribution in [0.15, 0.2) is 42.6 Å². The van der Waals surface area contributed by atoms with Crippen molar-refractivity contribution >= 4 is 12.2 Å². The molecule has 2 aromatic rings. The molecule has 0 atom stereocenters. The zero-order valence-electron chi connectivity index (χ0n) is 8.60. The Labute approximate surface area is 89.2 Å². The Morgan fingerprint density at radius 2 is 2.07 bits per heavy atom. The van der Waals surface area contributed by atoms with Gasteiger partial charge in [0.05, 0.1) is 7.11 Å². The minimum atomic E-state index is 0.878. The van der Waals surface area contributed by atoms with Crippen LogP contribution in [0.4, 0.5) is 0 Å². The van der Waals surface area contributed by atoms with Crippen molar-refractivity contribution in [3.63, 3.8) is 0 Å². The van der Waals surface area contributed by atoms with E-state index < -0.39 is 0 Å². The average Bonchev–Trinajstić information content (AvgIpc) is 2.79. The van der Waals surface area contributed by atoms with E-state index in [1.54, 1.807) is 7.11 Å². The van der Waals surface area contributed by atoms with Crippen LogP contribution in [-0.2, 0) is 0 Å². The topological polar surface area (TPSA) is 25.0 Å². The van der Waals surface area contributed by atoms with Gasteiger partial charge in [-0.15, -0.1) is 0 Å². The largest absolute Gasteiger partial charge is 0.497 e. The van der Waals surface area contributed by atoms with Crippen molar-refractivity contribution in [3.8, 4) is 5.75 Å². The molecule has 0 saturated heterocycles. The van der Waals surface area contributed by atoms with Crippen LogP contribution in [-0.4, -0.2) is 12.1 Å². The second kappa shape index (κ2) is 4.51. The van der Waals surface area contributed by atoms with E-state index in [1.165, 1.54) is 0 Å². The third-order valence-corrected chi connectivity index (χ3v) is 2.17. The molecule has 0 fully saturated rings. The van der Waals surface area contributed by atoms with Crippen molar-refractivity contribution in [1.29, 1.82) is 0 Å². The minimum Gasteiger partial charge on any atom is -0.497 e. The summed E-state index contributed by atoms with van der Waals surface area (Å²) in [5, 5.41) is 0. The number of aromatic amines is 1. The molecule has 2 nitrogen and oxygen atoms in total. The van der Waals surface area contributed by atoms with Crippen LogP contribution in [0.5, 0.6) is 5.75 Å². The fourth-order valence-corrected chi connectivity index (χ4v) is 1.38. The van der Waals surface area contributed by atoms with E-state index in [0.29, 0.717) is 0 Å². The van der Waals surface area contributed by atoms with E-state index >= 15 is 0 Å². The number of benzene rings is 1. The van der Waals surface area contributed by atoms with Crippen molar-refractivity contribution in [2.24, 2.45) is 0 Å². The number of H-pyrrole nitrogens is 1. The Morgan fingerprint density at radius 1 is 1.13 bits per heavy atom. The van der Waals surface area contributed by atoms with Gasteiger partial charge in [-0.05, 0) is 35.9 Å². The van der Waals surface area contributed by atoms with E-state index in [9.17, 15) is 0 Å². The Balaban J connectivity index is 2.17. The SMILES string of the molecule is COc1cccc(C=Cc2ccc[nH]2)c1. The average molecular weight is 199 g/mol. The standard InChI is InChI=1S/C13H13NO/c1-15-13-6-2-4-11(10-13)7-8-12-5-3-9-14-12/h2-10,14H,1H3. The quantitative estimate of drug-likeness (QED) is 0.806. The molecule has 0 saturated carbocycles.